The first-order valence-corrected chi connectivity index (χ1v) is 7.47. The van der Waals surface area contributed by atoms with Crippen LogP contribution < -0.4 is 10.7 Å². The molecular weight excluding hydrogens is 312 g/mol. The second-order valence-corrected chi connectivity index (χ2v) is 5.38. The maximum Gasteiger partial charge on any atom is 0.259 e. The first-order chi connectivity index (χ1) is 11.2. The topological polar surface area (TPSA) is 69.3 Å². The third-order valence-corrected chi connectivity index (χ3v) is 3.56. The zero-order valence-electron chi connectivity index (χ0n) is 12.2. The zero-order valence-corrected chi connectivity index (χ0v) is 13.0. The highest BCUT2D eigenvalue weighted by molar-refractivity contribution is 6.30. The molecule has 1 heterocycles. The summed E-state index contributed by atoms with van der Waals surface area (Å²) in [6.45, 7) is 0.132. The van der Waals surface area contributed by atoms with Gasteiger partial charge in [-0.05, 0) is 30.3 Å². The maximum absolute atomic E-state index is 11.8. The van der Waals surface area contributed by atoms with E-state index in [1.165, 1.54) is 0 Å². The van der Waals surface area contributed by atoms with Crippen molar-refractivity contribution in [2.24, 2.45) is 5.10 Å². The molecule has 0 saturated heterocycles. The Bertz CT molecular complexity index is 839. The monoisotopic (exact) mass is 326 g/mol. The van der Waals surface area contributed by atoms with E-state index in [4.69, 9.17) is 11.6 Å². The van der Waals surface area contributed by atoms with Gasteiger partial charge in [-0.2, -0.15) is 5.10 Å². The molecule has 0 aliphatic heterocycles. The van der Waals surface area contributed by atoms with E-state index in [0.29, 0.717) is 5.02 Å². The fourth-order valence-corrected chi connectivity index (χ4v) is 2.29. The number of anilines is 1. The normalized spacial score (nSPS) is 11.0. The maximum atomic E-state index is 11.8. The number of nitrogens with one attached hydrogen (secondary N) is 3. The summed E-state index contributed by atoms with van der Waals surface area (Å²) in [4.78, 5) is 14.9. The number of hydrogen-bond acceptors (Lipinski definition) is 3. The number of hydrazone groups is 1. The van der Waals surface area contributed by atoms with E-state index in [2.05, 4.69) is 20.8 Å². The Morgan fingerprint density at radius 3 is 2.78 bits per heavy atom. The summed E-state index contributed by atoms with van der Waals surface area (Å²) in [5, 5.41) is 8.69. The fourth-order valence-electron chi connectivity index (χ4n) is 2.16. The lowest BCUT2D eigenvalue weighted by Crippen LogP contribution is -2.25. The highest BCUT2D eigenvalue weighted by atomic mass is 35.5. The van der Waals surface area contributed by atoms with Gasteiger partial charge in [-0.15, -0.1) is 0 Å². The van der Waals surface area contributed by atoms with Crippen molar-refractivity contribution in [3.63, 3.8) is 0 Å². The molecule has 0 unspecified atom stereocenters. The third-order valence-electron chi connectivity index (χ3n) is 3.31. The van der Waals surface area contributed by atoms with Crippen molar-refractivity contribution in [1.29, 1.82) is 0 Å². The van der Waals surface area contributed by atoms with Gasteiger partial charge in [0.15, 0.2) is 0 Å². The van der Waals surface area contributed by atoms with Gasteiger partial charge in [0.05, 0.1) is 12.8 Å². The standard InChI is InChI=1S/C17H15ClN4O/c18-13-5-7-14(8-6-13)19-11-17(23)22-21-10-12-9-20-16-4-2-1-3-15(12)16/h1-10,19-20H,11H2,(H,22,23). The molecule has 3 rings (SSSR count). The number of halogens is 1. The Morgan fingerprint density at radius 2 is 1.96 bits per heavy atom. The molecule has 23 heavy (non-hydrogen) atoms. The van der Waals surface area contributed by atoms with Gasteiger partial charge in [0.25, 0.3) is 5.91 Å². The van der Waals surface area contributed by atoms with E-state index in [1.54, 1.807) is 18.3 Å². The van der Waals surface area contributed by atoms with Crippen LogP contribution in [0.4, 0.5) is 5.69 Å². The molecule has 116 valence electrons. The van der Waals surface area contributed by atoms with Crippen LogP contribution in [0.1, 0.15) is 5.56 Å². The Labute approximate surface area is 138 Å². The number of rotatable bonds is 5. The quantitative estimate of drug-likeness (QED) is 0.497. The van der Waals surface area contributed by atoms with Crippen molar-refractivity contribution < 1.29 is 4.79 Å². The molecule has 0 atom stereocenters. The van der Waals surface area contributed by atoms with Crippen LogP contribution in [0.2, 0.25) is 5.02 Å². The van der Waals surface area contributed by atoms with Crippen LogP contribution in [-0.2, 0) is 4.79 Å². The van der Waals surface area contributed by atoms with Crippen LogP contribution in [0.15, 0.2) is 59.8 Å². The summed E-state index contributed by atoms with van der Waals surface area (Å²) in [5.74, 6) is -0.226. The van der Waals surface area contributed by atoms with E-state index >= 15 is 0 Å². The molecular formula is C17H15ClN4O. The summed E-state index contributed by atoms with van der Waals surface area (Å²) in [7, 11) is 0. The lowest BCUT2D eigenvalue weighted by Gasteiger charge is -2.04. The summed E-state index contributed by atoms with van der Waals surface area (Å²) >= 11 is 5.80. The first kappa shape index (κ1) is 15.1. The average molecular weight is 327 g/mol. The minimum Gasteiger partial charge on any atom is -0.376 e. The first-order valence-electron chi connectivity index (χ1n) is 7.10. The number of fused-ring (bicyclic) bond motifs is 1. The second-order valence-electron chi connectivity index (χ2n) is 4.94. The summed E-state index contributed by atoms with van der Waals surface area (Å²) < 4.78 is 0. The molecule has 0 radical (unpaired) electrons. The molecule has 3 aromatic rings. The molecule has 0 fully saturated rings. The van der Waals surface area contributed by atoms with Crippen molar-refractivity contribution >= 4 is 40.3 Å². The van der Waals surface area contributed by atoms with Gasteiger partial charge in [0.1, 0.15) is 0 Å². The summed E-state index contributed by atoms with van der Waals surface area (Å²) in [5.41, 5.74) is 5.27. The number of aromatic nitrogens is 1. The molecule has 0 aliphatic rings. The minimum absolute atomic E-state index is 0.132. The van der Waals surface area contributed by atoms with Crippen LogP contribution >= 0.6 is 11.6 Å². The zero-order chi connectivity index (χ0) is 16.1. The lowest BCUT2D eigenvalue weighted by atomic mass is 10.2. The highest BCUT2D eigenvalue weighted by Gasteiger charge is 2.01. The van der Waals surface area contributed by atoms with Gasteiger partial charge in [-0.3, -0.25) is 4.79 Å². The van der Waals surface area contributed by atoms with Gasteiger partial charge in [-0.25, -0.2) is 5.43 Å². The van der Waals surface area contributed by atoms with E-state index < -0.39 is 0 Å². The largest absolute Gasteiger partial charge is 0.376 e. The fraction of sp³-hybridized carbons (Fsp3) is 0.0588. The minimum atomic E-state index is -0.226. The Morgan fingerprint density at radius 1 is 1.17 bits per heavy atom. The van der Waals surface area contributed by atoms with Gasteiger partial charge < -0.3 is 10.3 Å². The second kappa shape index (κ2) is 6.98. The molecule has 3 N–H and O–H groups in total. The molecule has 0 saturated carbocycles. The predicted molar refractivity (Wildman–Crippen MR) is 94.0 cm³/mol. The van der Waals surface area contributed by atoms with Crippen molar-refractivity contribution in [1.82, 2.24) is 10.4 Å². The highest BCUT2D eigenvalue weighted by Crippen LogP contribution is 2.15. The van der Waals surface area contributed by atoms with Crippen molar-refractivity contribution in [2.45, 2.75) is 0 Å². The Balaban J connectivity index is 1.53. The molecule has 1 amide bonds. The molecule has 5 nitrogen and oxygen atoms in total. The molecule has 6 heteroatoms. The van der Waals surface area contributed by atoms with Crippen LogP contribution in [0.5, 0.6) is 0 Å². The number of carbonyl (C=O) groups excluding carboxylic acids is 1. The van der Waals surface area contributed by atoms with Crippen LogP contribution in [0.25, 0.3) is 10.9 Å². The number of carbonyl (C=O) groups is 1. The number of para-hydroxylation sites is 1. The number of hydrogen-bond donors (Lipinski definition) is 3. The predicted octanol–water partition coefficient (Wildman–Crippen LogP) is 3.38. The SMILES string of the molecule is O=C(CNc1ccc(Cl)cc1)NN=Cc1c[nH]c2ccccc12. The number of nitrogens with zero attached hydrogens (tertiary/aromatic N) is 1. The van der Waals surface area contributed by atoms with E-state index in [9.17, 15) is 4.79 Å². The van der Waals surface area contributed by atoms with E-state index in [-0.39, 0.29) is 12.5 Å². The van der Waals surface area contributed by atoms with Gasteiger partial charge in [-0.1, -0.05) is 29.8 Å². The molecule has 0 aliphatic carbocycles. The lowest BCUT2D eigenvalue weighted by molar-refractivity contribution is -0.119. The van der Waals surface area contributed by atoms with Crippen LogP contribution in [0, 0.1) is 0 Å². The van der Waals surface area contributed by atoms with Crippen molar-refractivity contribution in [3.05, 3.63) is 65.3 Å². The van der Waals surface area contributed by atoms with Gasteiger partial charge in [0, 0.05) is 33.4 Å². The Kier molecular flexibility index (Phi) is 4.59. The molecule has 0 bridgehead atoms. The Hall–Kier alpha value is -2.79. The smallest absolute Gasteiger partial charge is 0.259 e. The van der Waals surface area contributed by atoms with Crippen molar-refractivity contribution in [3.8, 4) is 0 Å². The third kappa shape index (κ3) is 3.90. The van der Waals surface area contributed by atoms with E-state index in [1.807, 2.05) is 42.6 Å². The van der Waals surface area contributed by atoms with Gasteiger partial charge in [0.2, 0.25) is 0 Å². The van der Waals surface area contributed by atoms with Crippen molar-refractivity contribution in [2.75, 3.05) is 11.9 Å². The van der Waals surface area contributed by atoms with Crippen LogP contribution in [0.3, 0.4) is 0 Å². The van der Waals surface area contributed by atoms with Crippen LogP contribution in [-0.4, -0.2) is 23.7 Å². The number of aromatic amines is 1. The number of H-pyrrole nitrogens is 1. The molecule has 0 spiro atoms. The summed E-state index contributed by atoms with van der Waals surface area (Å²) in [6, 6.07) is 15.0. The average Bonchev–Trinajstić information content (AvgIpc) is 2.98. The molecule has 2 aromatic carbocycles. The van der Waals surface area contributed by atoms with Gasteiger partial charge >= 0.3 is 0 Å². The number of amides is 1. The number of benzene rings is 2. The summed E-state index contributed by atoms with van der Waals surface area (Å²) in [6.07, 6.45) is 3.48. The molecule has 1 aromatic heterocycles. The van der Waals surface area contributed by atoms with E-state index in [0.717, 1.165) is 22.2 Å².